The number of rotatable bonds is 4. The first-order valence-corrected chi connectivity index (χ1v) is 10.4. The van der Waals surface area contributed by atoms with Crippen LogP contribution in [0, 0.1) is 13.8 Å². The molecule has 1 aromatic carbocycles. The van der Waals surface area contributed by atoms with Crippen LogP contribution in [0.3, 0.4) is 0 Å². The fraction of sp³-hybridized carbons (Fsp3) is 0.435. The molecule has 1 fully saturated rings. The van der Waals surface area contributed by atoms with Gasteiger partial charge < -0.3 is 14.7 Å². The maximum Gasteiger partial charge on any atom is 0.274 e. The molecule has 0 saturated carbocycles. The van der Waals surface area contributed by atoms with Crippen molar-refractivity contribution in [2.24, 2.45) is 0 Å². The SMILES string of the molecule is Cc1cc(C)n2nc(C(=O)N3CC[C@@H](Oc4cccc(C(C)C)c4)[C@H](O)C3)cc2n1. The summed E-state index contributed by atoms with van der Waals surface area (Å²) in [5, 5.41) is 15.1. The summed E-state index contributed by atoms with van der Waals surface area (Å²) in [6.45, 7) is 8.84. The number of benzene rings is 1. The van der Waals surface area contributed by atoms with Gasteiger partial charge in [0.25, 0.3) is 5.91 Å². The normalized spacial score (nSPS) is 19.5. The van der Waals surface area contributed by atoms with Gasteiger partial charge in [0.1, 0.15) is 18.0 Å². The van der Waals surface area contributed by atoms with Gasteiger partial charge in [0.15, 0.2) is 11.3 Å². The van der Waals surface area contributed by atoms with Gasteiger partial charge in [0.2, 0.25) is 0 Å². The number of piperidine rings is 1. The Labute approximate surface area is 176 Å². The Morgan fingerprint density at radius 3 is 2.77 bits per heavy atom. The summed E-state index contributed by atoms with van der Waals surface area (Å²) in [6.07, 6.45) is -0.545. The molecule has 0 spiro atoms. The van der Waals surface area contributed by atoms with E-state index < -0.39 is 6.10 Å². The van der Waals surface area contributed by atoms with Crippen LogP contribution in [0.4, 0.5) is 0 Å². The molecular weight excluding hydrogens is 380 g/mol. The van der Waals surface area contributed by atoms with E-state index in [1.807, 2.05) is 38.1 Å². The lowest BCUT2D eigenvalue weighted by Gasteiger charge is -2.35. The Bertz CT molecular complexity index is 1080. The molecule has 7 heteroatoms. The van der Waals surface area contributed by atoms with Gasteiger partial charge in [0.05, 0.1) is 6.54 Å². The van der Waals surface area contributed by atoms with Gasteiger partial charge in [-0.15, -0.1) is 0 Å². The van der Waals surface area contributed by atoms with Crippen molar-refractivity contribution in [3.63, 3.8) is 0 Å². The molecule has 4 rings (SSSR count). The van der Waals surface area contributed by atoms with Gasteiger partial charge in [-0.25, -0.2) is 9.50 Å². The number of aliphatic hydroxyl groups excluding tert-OH is 1. The Morgan fingerprint density at radius 1 is 1.23 bits per heavy atom. The smallest absolute Gasteiger partial charge is 0.274 e. The molecule has 0 radical (unpaired) electrons. The highest BCUT2D eigenvalue weighted by molar-refractivity contribution is 5.93. The van der Waals surface area contributed by atoms with Crippen molar-refractivity contribution in [1.29, 1.82) is 0 Å². The molecule has 0 unspecified atom stereocenters. The number of amides is 1. The van der Waals surface area contributed by atoms with Crippen LogP contribution in [0.1, 0.15) is 53.6 Å². The van der Waals surface area contributed by atoms with E-state index in [2.05, 4.69) is 30.0 Å². The molecular formula is C23H28N4O3. The molecule has 30 heavy (non-hydrogen) atoms. The second-order valence-electron chi connectivity index (χ2n) is 8.33. The van der Waals surface area contributed by atoms with E-state index in [0.29, 0.717) is 30.2 Å². The number of aromatic nitrogens is 3. The summed E-state index contributed by atoms with van der Waals surface area (Å²) in [7, 11) is 0. The third kappa shape index (κ3) is 4.03. The summed E-state index contributed by atoms with van der Waals surface area (Å²) in [5.41, 5.74) is 3.99. The molecule has 158 valence electrons. The minimum atomic E-state index is -0.760. The minimum absolute atomic E-state index is 0.197. The number of nitrogens with zero attached hydrogens (tertiary/aromatic N) is 4. The predicted octanol–water partition coefficient (Wildman–Crippen LogP) is 3.12. The molecule has 7 nitrogen and oxygen atoms in total. The summed E-state index contributed by atoms with van der Waals surface area (Å²) < 4.78 is 7.73. The van der Waals surface area contributed by atoms with E-state index in [0.717, 1.165) is 17.1 Å². The largest absolute Gasteiger partial charge is 0.488 e. The van der Waals surface area contributed by atoms with Crippen molar-refractivity contribution in [2.75, 3.05) is 13.1 Å². The van der Waals surface area contributed by atoms with Crippen LogP contribution in [0.2, 0.25) is 0 Å². The summed E-state index contributed by atoms with van der Waals surface area (Å²) in [4.78, 5) is 19.0. The van der Waals surface area contributed by atoms with Crippen LogP contribution in [-0.2, 0) is 0 Å². The molecule has 1 aliphatic rings. The fourth-order valence-electron chi connectivity index (χ4n) is 3.91. The van der Waals surface area contributed by atoms with E-state index in [-0.39, 0.29) is 18.6 Å². The molecule has 2 aromatic heterocycles. The molecule has 0 bridgehead atoms. The van der Waals surface area contributed by atoms with E-state index in [1.54, 1.807) is 15.5 Å². The number of hydrogen-bond donors (Lipinski definition) is 1. The molecule has 0 aliphatic carbocycles. The van der Waals surface area contributed by atoms with Crippen LogP contribution in [0.5, 0.6) is 5.75 Å². The summed E-state index contributed by atoms with van der Waals surface area (Å²) >= 11 is 0. The second kappa shape index (κ2) is 8.07. The van der Waals surface area contributed by atoms with Crippen molar-refractivity contribution in [3.05, 3.63) is 59.0 Å². The number of likely N-dealkylation sites (tertiary alicyclic amines) is 1. The Balaban J connectivity index is 1.44. The number of carbonyl (C=O) groups excluding carboxylic acids is 1. The van der Waals surface area contributed by atoms with Crippen molar-refractivity contribution >= 4 is 11.6 Å². The lowest BCUT2D eigenvalue weighted by atomic mass is 10.0. The number of fused-ring (bicyclic) bond motifs is 1. The van der Waals surface area contributed by atoms with E-state index in [1.165, 1.54) is 5.56 Å². The lowest BCUT2D eigenvalue weighted by molar-refractivity contribution is -0.0200. The molecule has 3 aromatic rings. The lowest BCUT2D eigenvalue weighted by Crippen LogP contribution is -2.51. The first kappa shape index (κ1) is 20.3. The van der Waals surface area contributed by atoms with Gasteiger partial charge in [-0.3, -0.25) is 4.79 Å². The Morgan fingerprint density at radius 2 is 2.03 bits per heavy atom. The number of aryl methyl sites for hydroxylation is 2. The predicted molar refractivity (Wildman–Crippen MR) is 114 cm³/mol. The topological polar surface area (TPSA) is 80.0 Å². The number of β-amino-alcohol motifs (C(OH)–C–C–N with tert-alkyl or cyclic N) is 1. The zero-order valence-electron chi connectivity index (χ0n) is 17.9. The van der Waals surface area contributed by atoms with Crippen molar-refractivity contribution in [1.82, 2.24) is 19.5 Å². The molecule has 3 heterocycles. The third-order valence-electron chi connectivity index (χ3n) is 5.57. The van der Waals surface area contributed by atoms with Gasteiger partial charge in [-0.1, -0.05) is 26.0 Å². The maximum atomic E-state index is 13.0. The zero-order chi connectivity index (χ0) is 21.4. The van der Waals surface area contributed by atoms with Crippen molar-refractivity contribution < 1.29 is 14.6 Å². The third-order valence-corrected chi connectivity index (χ3v) is 5.57. The van der Waals surface area contributed by atoms with Crippen LogP contribution >= 0.6 is 0 Å². The van der Waals surface area contributed by atoms with E-state index >= 15 is 0 Å². The van der Waals surface area contributed by atoms with E-state index in [4.69, 9.17) is 4.74 Å². The average molecular weight is 409 g/mol. The summed E-state index contributed by atoms with van der Waals surface area (Å²) in [5.74, 6) is 0.962. The number of carbonyl (C=O) groups is 1. The molecule has 2 atom stereocenters. The Kier molecular flexibility index (Phi) is 5.47. The quantitative estimate of drug-likeness (QED) is 0.717. The highest BCUT2D eigenvalue weighted by Crippen LogP contribution is 2.24. The molecule has 1 saturated heterocycles. The summed E-state index contributed by atoms with van der Waals surface area (Å²) in [6, 6.07) is 11.6. The monoisotopic (exact) mass is 408 g/mol. The number of hydrogen-bond acceptors (Lipinski definition) is 5. The molecule has 1 aliphatic heterocycles. The molecule has 1 N–H and O–H groups in total. The zero-order valence-corrected chi connectivity index (χ0v) is 17.9. The van der Waals surface area contributed by atoms with Gasteiger partial charge in [-0.05, 0) is 43.5 Å². The van der Waals surface area contributed by atoms with Crippen LogP contribution in [0.25, 0.3) is 5.65 Å². The van der Waals surface area contributed by atoms with Gasteiger partial charge in [-0.2, -0.15) is 5.10 Å². The second-order valence-corrected chi connectivity index (χ2v) is 8.33. The number of ether oxygens (including phenoxy) is 1. The van der Waals surface area contributed by atoms with Gasteiger partial charge in [0, 0.05) is 30.4 Å². The van der Waals surface area contributed by atoms with Crippen LogP contribution in [0.15, 0.2) is 36.4 Å². The first-order chi connectivity index (χ1) is 14.3. The highest BCUT2D eigenvalue weighted by Gasteiger charge is 2.33. The van der Waals surface area contributed by atoms with E-state index in [9.17, 15) is 9.90 Å². The maximum absolute atomic E-state index is 13.0. The fourth-order valence-corrected chi connectivity index (χ4v) is 3.91. The Hall–Kier alpha value is -2.93. The van der Waals surface area contributed by atoms with Crippen molar-refractivity contribution in [3.8, 4) is 5.75 Å². The minimum Gasteiger partial charge on any atom is -0.488 e. The van der Waals surface area contributed by atoms with Crippen LogP contribution in [-0.4, -0.2) is 55.8 Å². The van der Waals surface area contributed by atoms with Crippen molar-refractivity contribution in [2.45, 2.75) is 52.2 Å². The highest BCUT2D eigenvalue weighted by atomic mass is 16.5. The average Bonchev–Trinajstić information content (AvgIpc) is 3.13. The van der Waals surface area contributed by atoms with Gasteiger partial charge >= 0.3 is 0 Å². The van der Waals surface area contributed by atoms with Crippen LogP contribution < -0.4 is 4.74 Å². The first-order valence-electron chi connectivity index (χ1n) is 10.4. The number of aliphatic hydroxyl groups is 1. The standard InChI is InChI=1S/C23H28N4O3/c1-14(2)17-6-5-7-18(11-17)30-21-8-9-26(13-20(21)28)23(29)19-12-22-24-15(3)10-16(4)27(22)25-19/h5-7,10-12,14,20-21,28H,8-9,13H2,1-4H3/t20-,21-/m1/s1. The molecule has 1 amide bonds.